The molecule has 0 saturated heterocycles. The number of fused-ring (bicyclic) bond motifs is 5. The Morgan fingerprint density at radius 3 is 2.00 bits per heavy atom. The van der Waals surface area contributed by atoms with Crippen molar-refractivity contribution >= 4 is 65.9 Å². The minimum atomic E-state index is -4.04. The lowest BCUT2D eigenvalue weighted by molar-refractivity contribution is -0.123. The number of aryl methyl sites for hydroxylation is 2. The number of carboxylic acids is 1. The van der Waals surface area contributed by atoms with Crippen LogP contribution >= 0.6 is 0 Å². The predicted octanol–water partition coefficient (Wildman–Crippen LogP) is 9.15. The molecule has 4 aromatic carbocycles. The van der Waals surface area contributed by atoms with Gasteiger partial charge >= 0.3 is 16.2 Å². The van der Waals surface area contributed by atoms with Crippen molar-refractivity contribution in [2.45, 2.75) is 115 Å². The van der Waals surface area contributed by atoms with Crippen molar-refractivity contribution in [2.24, 2.45) is 19.2 Å². The first-order valence-electron chi connectivity index (χ1n) is 28.5. The maximum Gasteiger partial charge on any atom is 0.335 e. The van der Waals surface area contributed by atoms with Crippen LogP contribution in [0, 0.1) is 11.6 Å². The Kier molecular flexibility index (Phi) is 20.7. The zero-order valence-corrected chi connectivity index (χ0v) is 49.2. The minimum Gasteiger partial charge on any atom is -0.483 e. The fourth-order valence-corrected chi connectivity index (χ4v) is 13.0. The van der Waals surface area contributed by atoms with Crippen molar-refractivity contribution in [3.8, 4) is 34.0 Å². The highest BCUT2D eigenvalue weighted by Gasteiger charge is 2.31. The van der Waals surface area contributed by atoms with Gasteiger partial charge in [-0.2, -0.15) is 25.4 Å². The van der Waals surface area contributed by atoms with E-state index in [1.807, 2.05) is 35.4 Å². The Morgan fingerprint density at radius 2 is 1.36 bits per heavy atom. The number of halogens is 2. The van der Waals surface area contributed by atoms with Gasteiger partial charge in [-0.25, -0.2) is 23.4 Å². The highest BCUT2D eigenvalue weighted by molar-refractivity contribution is 7.87. The number of rotatable bonds is 14. The van der Waals surface area contributed by atoms with E-state index < -0.39 is 43.9 Å². The van der Waals surface area contributed by atoms with Gasteiger partial charge in [0.25, 0.3) is 27.9 Å². The van der Waals surface area contributed by atoms with E-state index >= 15 is 0 Å². The van der Waals surface area contributed by atoms with Crippen LogP contribution in [0.4, 0.5) is 8.78 Å². The number of nitrogens with zero attached hydrogens (tertiary/aromatic N) is 4. The number of aromatic carboxylic acids is 1. The monoisotopic (exact) mass is 1190 g/mol. The molecule has 448 valence electrons. The lowest BCUT2D eigenvalue weighted by atomic mass is 9.81. The van der Waals surface area contributed by atoms with Gasteiger partial charge in [0.05, 0.1) is 17.0 Å². The molecule has 2 aliphatic carbocycles. The summed E-state index contributed by atoms with van der Waals surface area (Å²) < 4.78 is 97.3. The van der Waals surface area contributed by atoms with Gasteiger partial charge in [0.15, 0.2) is 13.2 Å². The standard InChI is InChI=1S/C30H39FN4O6S.C30H37FN4O5S/c1-34(42(32,39)40)16-8-4-7-15-33-27(36)19-41-26-18-22(31)12-14-24(26)29-28(20-9-5-3-6-10-20)23-13-11-21(30(37)38)17-25(23)35(29)2;1-34-16-8-4-7-15-32-27(36)19-40-26-18-22(31)12-14-24(26)29-28(20-9-5-3-6-10-20)23-13-11-21(17-25(23)35(29)2)30(37)33-41(34,38)39/h11-14,17-18,20H,3-10,15-16,19H2,1-2H3,(H,33,36)(H,37,38)(H2,32,39,40);11-14,17-18,20H,3-10,15-16,19H2,1-2H3,(H,32,36)(H,33,37). The average Bonchev–Trinajstić information content (AvgIpc) is 4.09. The van der Waals surface area contributed by atoms with Crippen LogP contribution in [0.5, 0.6) is 11.5 Å². The maximum absolute atomic E-state index is 14.5. The molecule has 1 aliphatic heterocycles. The topological polar surface area (TPSA) is 254 Å². The number of nitrogens with two attached hydrogens (primary N) is 1. The first kappa shape index (κ1) is 62.1. The van der Waals surface area contributed by atoms with Crippen molar-refractivity contribution in [3.05, 3.63) is 107 Å². The summed E-state index contributed by atoms with van der Waals surface area (Å²) in [5, 5.41) is 22.2. The lowest BCUT2D eigenvalue weighted by Gasteiger charge is -2.24. The number of benzene rings is 4. The van der Waals surface area contributed by atoms with Crippen molar-refractivity contribution in [3.63, 3.8) is 0 Å². The molecule has 2 fully saturated rings. The normalized spacial score (nSPS) is 17.1. The first-order valence-corrected chi connectivity index (χ1v) is 31.5. The largest absolute Gasteiger partial charge is 0.483 e. The zero-order chi connectivity index (χ0) is 59.6. The molecule has 3 heterocycles. The van der Waals surface area contributed by atoms with E-state index in [-0.39, 0.29) is 66.0 Å². The highest BCUT2D eigenvalue weighted by Crippen LogP contribution is 2.48. The molecular weight excluding hydrogens is 1110 g/mol. The van der Waals surface area contributed by atoms with Crippen molar-refractivity contribution in [2.75, 3.05) is 53.5 Å². The summed E-state index contributed by atoms with van der Waals surface area (Å²) in [6, 6.07) is 19.0. The Hall–Kier alpha value is -6.92. The van der Waals surface area contributed by atoms with Gasteiger partial charge in [-0.05, 0) is 123 Å². The number of aromatic nitrogens is 2. The number of carboxylic acid groups (broad SMARTS) is 1. The van der Waals surface area contributed by atoms with Crippen LogP contribution in [0.15, 0.2) is 72.8 Å². The van der Waals surface area contributed by atoms with Gasteiger partial charge in [-0.1, -0.05) is 63.5 Å². The first-order chi connectivity index (χ1) is 39.6. The van der Waals surface area contributed by atoms with Crippen LogP contribution in [-0.2, 0) is 44.1 Å². The molecule has 0 radical (unpaired) electrons. The van der Waals surface area contributed by atoms with E-state index in [4.69, 9.17) is 14.6 Å². The van der Waals surface area contributed by atoms with E-state index in [2.05, 4.69) is 15.4 Å². The fraction of sp³-hybridized carbons (Fsp3) is 0.467. The SMILES string of the molecule is CN(CCCCCNC(=O)COc1cc(F)ccc1-c1c(C2CCCCC2)c2ccc(C(=O)O)cc2n1C)S(N)(=O)=O.CN1CCCCCNC(=O)COc2cc(F)ccc2-c2c(C3CCCCC3)c3ccc(cc3n2C)C(=O)NS1(=O)=O. The second kappa shape index (κ2) is 27.6. The molecule has 0 atom stereocenters. The average molecular weight is 1190 g/mol. The molecule has 2 aromatic heterocycles. The smallest absolute Gasteiger partial charge is 0.335 e. The Labute approximate surface area is 484 Å². The molecule has 23 heteroatoms. The van der Waals surface area contributed by atoms with Crippen LogP contribution in [0.3, 0.4) is 0 Å². The van der Waals surface area contributed by atoms with E-state index in [9.17, 15) is 49.9 Å². The molecule has 3 bridgehead atoms. The quantitative estimate of drug-likeness (QED) is 0.0643. The number of ether oxygens (including phenoxy) is 2. The van der Waals surface area contributed by atoms with Crippen molar-refractivity contribution in [1.29, 1.82) is 0 Å². The third-order valence-electron chi connectivity index (χ3n) is 16.1. The summed E-state index contributed by atoms with van der Waals surface area (Å²) in [6.07, 6.45) is 14.6. The molecule has 0 spiro atoms. The van der Waals surface area contributed by atoms with Crippen LogP contribution in [0.1, 0.15) is 146 Å². The summed E-state index contributed by atoms with van der Waals surface area (Å²) in [4.78, 5) is 50.0. The lowest BCUT2D eigenvalue weighted by Crippen LogP contribution is -2.41. The van der Waals surface area contributed by atoms with Gasteiger partial charge in [0.1, 0.15) is 23.1 Å². The van der Waals surface area contributed by atoms with E-state index in [1.165, 1.54) is 51.2 Å². The number of hydrogen-bond acceptors (Lipinski definition) is 10. The van der Waals surface area contributed by atoms with Gasteiger partial charge in [-0.3, -0.25) is 14.4 Å². The van der Waals surface area contributed by atoms with Crippen LogP contribution in [0.2, 0.25) is 0 Å². The molecule has 6 N–H and O–H groups in total. The minimum absolute atomic E-state index is 0.188. The Bertz CT molecular complexity index is 3580. The summed E-state index contributed by atoms with van der Waals surface area (Å²) in [6.45, 7) is 0.751. The number of nitrogens with one attached hydrogen (secondary N) is 3. The number of carbonyl (C=O) groups is 4. The summed E-state index contributed by atoms with van der Waals surface area (Å²) in [5.74, 6) is -2.34. The third kappa shape index (κ3) is 15.3. The van der Waals surface area contributed by atoms with Crippen molar-refractivity contribution in [1.82, 2.24) is 33.1 Å². The Balaban J connectivity index is 0.000000217. The summed E-state index contributed by atoms with van der Waals surface area (Å²) >= 11 is 0. The van der Waals surface area contributed by atoms with Gasteiger partial charge < -0.3 is 34.3 Å². The van der Waals surface area contributed by atoms with Gasteiger partial charge in [-0.15, -0.1) is 0 Å². The maximum atomic E-state index is 14.5. The highest BCUT2D eigenvalue weighted by atomic mass is 32.2. The Morgan fingerprint density at radius 1 is 0.771 bits per heavy atom. The van der Waals surface area contributed by atoms with Crippen molar-refractivity contribution < 1.29 is 59.4 Å². The van der Waals surface area contributed by atoms with E-state index in [0.717, 1.165) is 104 Å². The molecule has 3 amide bonds. The van der Waals surface area contributed by atoms with E-state index in [0.29, 0.717) is 69.3 Å². The zero-order valence-electron chi connectivity index (χ0n) is 47.6. The number of amides is 3. The third-order valence-corrected chi connectivity index (χ3v) is 18.6. The molecule has 2 saturated carbocycles. The summed E-state index contributed by atoms with van der Waals surface area (Å²) in [7, 11) is -1.14. The van der Waals surface area contributed by atoms with Gasteiger partial charge in [0, 0.05) is 105 Å². The molecule has 83 heavy (non-hydrogen) atoms. The molecule has 3 aliphatic rings. The van der Waals surface area contributed by atoms with E-state index in [1.54, 1.807) is 36.4 Å². The molecule has 6 aromatic rings. The second-order valence-electron chi connectivity index (χ2n) is 21.9. The fourth-order valence-electron chi connectivity index (χ4n) is 11.7. The summed E-state index contributed by atoms with van der Waals surface area (Å²) in [5.41, 5.74) is 7.08. The second-order valence-corrected chi connectivity index (χ2v) is 25.3. The molecule has 0 unspecified atom stereocenters. The molecule has 9 rings (SSSR count). The van der Waals surface area contributed by atoms with Crippen LogP contribution in [0.25, 0.3) is 44.3 Å². The molecular formula is C60H76F2N8O11S2. The number of hydrogen-bond donors (Lipinski definition) is 5. The molecule has 19 nitrogen and oxygen atoms in total. The van der Waals surface area contributed by atoms with Crippen LogP contribution < -0.4 is 30.0 Å². The van der Waals surface area contributed by atoms with Crippen LogP contribution in [-0.4, -0.2) is 117 Å². The van der Waals surface area contributed by atoms with Gasteiger partial charge in [0.2, 0.25) is 0 Å². The predicted molar refractivity (Wildman–Crippen MR) is 315 cm³/mol. The number of carbonyl (C=O) groups excluding carboxylic acids is 3. The number of unbranched alkanes of at least 4 members (excludes halogenated alkanes) is 2.